The van der Waals surface area contributed by atoms with Gasteiger partial charge in [-0.1, -0.05) is 12.1 Å². The fourth-order valence-corrected chi connectivity index (χ4v) is 2.50. The number of aryl methyl sites for hydroxylation is 2. The first kappa shape index (κ1) is 15.2. The summed E-state index contributed by atoms with van der Waals surface area (Å²) in [5, 5.41) is 14.3. The molecule has 2 rings (SSSR count). The Morgan fingerprint density at radius 2 is 2.10 bits per heavy atom. The second-order valence-corrected chi connectivity index (χ2v) is 5.55. The largest absolute Gasteiger partial charge is 0.481 e. The number of carboxylic acids is 1. The van der Waals surface area contributed by atoms with Gasteiger partial charge in [0.25, 0.3) is 0 Å². The number of hydrogen-bond donors (Lipinski definition) is 2. The molecule has 1 heterocycles. The van der Waals surface area contributed by atoms with Crippen molar-refractivity contribution in [2.45, 2.75) is 25.7 Å². The van der Waals surface area contributed by atoms with Crippen molar-refractivity contribution in [3.63, 3.8) is 0 Å². The Kier molecular flexibility index (Phi) is 5.45. The third-order valence-corrected chi connectivity index (χ3v) is 3.73. The van der Waals surface area contributed by atoms with Gasteiger partial charge in [-0.15, -0.1) is 11.3 Å². The maximum atomic E-state index is 11.9. The van der Waals surface area contributed by atoms with Gasteiger partial charge in [0, 0.05) is 36.5 Å². The molecule has 0 aliphatic carbocycles. The Hall–Kier alpha value is -2.21. The molecular weight excluding hydrogens is 288 g/mol. The SMILES string of the molecule is O=C(O)CCc1cccc(NC(=O)CCc2nccs2)c1. The molecule has 0 aliphatic heterocycles. The van der Waals surface area contributed by atoms with E-state index >= 15 is 0 Å². The van der Waals surface area contributed by atoms with Crippen LogP contribution in [-0.4, -0.2) is 22.0 Å². The minimum Gasteiger partial charge on any atom is -0.481 e. The number of amides is 1. The first-order valence-electron chi connectivity index (χ1n) is 6.62. The van der Waals surface area contributed by atoms with E-state index in [2.05, 4.69) is 10.3 Å². The summed E-state index contributed by atoms with van der Waals surface area (Å²) in [5.74, 6) is -0.895. The first-order valence-corrected chi connectivity index (χ1v) is 7.50. The number of benzene rings is 1. The van der Waals surface area contributed by atoms with Gasteiger partial charge in [0.1, 0.15) is 0 Å². The Morgan fingerprint density at radius 1 is 1.24 bits per heavy atom. The number of carboxylic acid groups (broad SMARTS) is 1. The van der Waals surface area contributed by atoms with Gasteiger partial charge in [-0.25, -0.2) is 4.98 Å². The van der Waals surface area contributed by atoms with Crippen molar-refractivity contribution >= 4 is 28.9 Å². The Balaban J connectivity index is 1.85. The lowest BCUT2D eigenvalue weighted by atomic mass is 10.1. The number of aromatic nitrogens is 1. The minimum absolute atomic E-state index is 0.0689. The zero-order chi connectivity index (χ0) is 15.1. The smallest absolute Gasteiger partial charge is 0.303 e. The summed E-state index contributed by atoms with van der Waals surface area (Å²) in [7, 11) is 0. The van der Waals surface area contributed by atoms with Gasteiger partial charge in [-0.05, 0) is 24.1 Å². The highest BCUT2D eigenvalue weighted by Gasteiger charge is 2.06. The van der Waals surface area contributed by atoms with Crippen LogP contribution in [0, 0.1) is 0 Å². The standard InChI is InChI=1S/C15H16N2O3S/c18-13(5-6-14-16-8-9-21-14)17-12-3-1-2-11(10-12)4-7-15(19)20/h1-3,8-10H,4-7H2,(H,17,18)(H,19,20). The van der Waals surface area contributed by atoms with Crippen LogP contribution >= 0.6 is 11.3 Å². The predicted molar refractivity (Wildman–Crippen MR) is 81.5 cm³/mol. The molecule has 5 nitrogen and oxygen atoms in total. The van der Waals surface area contributed by atoms with Gasteiger partial charge in [-0.2, -0.15) is 0 Å². The number of anilines is 1. The molecule has 0 unspecified atom stereocenters. The quantitative estimate of drug-likeness (QED) is 0.824. The maximum Gasteiger partial charge on any atom is 0.303 e. The fourth-order valence-electron chi connectivity index (χ4n) is 1.88. The lowest BCUT2D eigenvalue weighted by Crippen LogP contribution is -2.12. The van der Waals surface area contributed by atoms with Crippen molar-refractivity contribution < 1.29 is 14.7 Å². The average Bonchev–Trinajstić information content (AvgIpc) is 2.97. The van der Waals surface area contributed by atoms with E-state index in [1.165, 1.54) is 11.3 Å². The van der Waals surface area contributed by atoms with Gasteiger partial charge in [-0.3, -0.25) is 9.59 Å². The number of carbonyl (C=O) groups is 2. The molecule has 0 aliphatic rings. The third kappa shape index (κ3) is 5.35. The highest BCUT2D eigenvalue weighted by atomic mass is 32.1. The fraction of sp³-hybridized carbons (Fsp3) is 0.267. The number of nitrogens with one attached hydrogen (secondary N) is 1. The molecule has 0 fully saturated rings. The van der Waals surface area contributed by atoms with Crippen molar-refractivity contribution in [2.75, 3.05) is 5.32 Å². The maximum absolute atomic E-state index is 11.9. The molecule has 1 aromatic carbocycles. The van der Waals surface area contributed by atoms with Crippen LogP contribution in [-0.2, 0) is 22.4 Å². The predicted octanol–water partition coefficient (Wildman–Crippen LogP) is 2.73. The molecule has 0 spiro atoms. The van der Waals surface area contributed by atoms with Crippen LogP contribution in [0.5, 0.6) is 0 Å². The molecule has 0 bridgehead atoms. The number of nitrogens with zero attached hydrogens (tertiary/aromatic N) is 1. The molecular formula is C15H16N2O3S. The van der Waals surface area contributed by atoms with Gasteiger partial charge < -0.3 is 10.4 Å². The molecule has 1 amide bonds. The first-order chi connectivity index (χ1) is 10.1. The van der Waals surface area contributed by atoms with E-state index in [-0.39, 0.29) is 12.3 Å². The van der Waals surface area contributed by atoms with Gasteiger partial charge in [0.15, 0.2) is 0 Å². The summed E-state index contributed by atoms with van der Waals surface area (Å²) in [5.41, 5.74) is 1.59. The summed E-state index contributed by atoms with van der Waals surface area (Å²) in [4.78, 5) is 26.5. The van der Waals surface area contributed by atoms with E-state index in [0.29, 0.717) is 24.9 Å². The molecule has 110 valence electrons. The van der Waals surface area contributed by atoms with Crippen LogP contribution < -0.4 is 5.32 Å². The van der Waals surface area contributed by atoms with E-state index in [1.54, 1.807) is 12.3 Å². The second kappa shape index (κ2) is 7.54. The highest BCUT2D eigenvalue weighted by molar-refractivity contribution is 7.09. The molecule has 0 saturated heterocycles. The molecule has 1 aromatic heterocycles. The van der Waals surface area contributed by atoms with Crippen molar-refractivity contribution in [2.24, 2.45) is 0 Å². The lowest BCUT2D eigenvalue weighted by Gasteiger charge is -2.06. The summed E-state index contributed by atoms with van der Waals surface area (Å²) >= 11 is 1.54. The van der Waals surface area contributed by atoms with E-state index in [9.17, 15) is 9.59 Å². The van der Waals surface area contributed by atoms with Crippen molar-refractivity contribution in [1.82, 2.24) is 4.98 Å². The van der Waals surface area contributed by atoms with Crippen LogP contribution in [0.2, 0.25) is 0 Å². The Labute approximate surface area is 126 Å². The summed E-state index contributed by atoms with van der Waals surface area (Å²) in [6.07, 6.45) is 3.28. The van der Waals surface area contributed by atoms with E-state index in [4.69, 9.17) is 5.11 Å². The lowest BCUT2D eigenvalue weighted by molar-refractivity contribution is -0.137. The molecule has 0 saturated carbocycles. The molecule has 2 aromatic rings. The summed E-state index contributed by atoms with van der Waals surface area (Å²) in [6.45, 7) is 0. The zero-order valence-electron chi connectivity index (χ0n) is 11.4. The molecule has 0 radical (unpaired) electrons. The minimum atomic E-state index is -0.826. The topological polar surface area (TPSA) is 79.3 Å². The van der Waals surface area contributed by atoms with Gasteiger partial charge in [0.2, 0.25) is 5.91 Å². The van der Waals surface area contributed by atoms with E-state index < -0.39 is 5.97 Å². The van der Waals surface area contributed by atoms with Gasteiger partial charge >= 0.3 is 5.97 Å². The Morgan fingerprint density at radius 3 is 2.81 bits per heavy atom. The van der Waals surface area contributed by atoms with Crippen molar-refractivity contribution in [1.29, 1.82) is 0 Å². The highest BCUT2D eigenvalue weighted by Crippen LogP contribution is 2.13. The van der Waals surface area contributed by atoms with Crippen molar-refractivity contribution in [3.05, 3.63) is 46.4 Å². The van der Waals surface area contributed by atoms with E-state index in [1.807, 2.05) is 23.6 Å². The molecule has 0 atom stereocenters. The number of aliphatic carboxylic acids is 1. The number of carbonyl (C=O) groups excluding carboxylic acids is 1. The van der Waals surface area contributed by atoms with Crippen LogP contribution in [0.3, 0.4) is 0 Å². The van der Waals surface area contributed by atoms with E-state index in [0.717, 1.165) is 10.6 Å². The second-order valence-electron chi connectivity index (χ2n) is 4.57. The number of hydrogen-bond acceptors (Lipinski definition) is 4. The van der Waals surface area contributed by atoms with Crippen molar-refractivity contribution in [3.8, 4) is 0 Å². The number of rotatable bonds is 7. The summed E-state index contributed by atoms with van der Waals surface area (Å²) < 4.78 is 0. The van der Waals surface area contributed by atoms with Crippen LogP contribution in [0.4, 0.5) is 5.69 Å². The molecule has 21 heavy (non-hydrogen) atoms. The third-order valence-electron chi connectivity index (χ3n) is 2.89. The normalized spacial score (nSPS) is 10.3. The average molecular weight is 304 g/mol. The molecule has 6 heteroatoms. The van der Waals surface area contributed by atoms with Crippen LogP contribution in [0.25, 0.3) is 0 Å². The van der Waals surface area contributed by atoms with Gasteiger partial charge in [0.05, 0.1) is 5.01 Å². The summed E-state index contributed by atoms with van der Waals surface area (Å²) in [6, 6.07) is 7.28. The van der Waals surface area contributed by atoms with Crippen LogP contribution in [0.15, 0.2) is 35.8 Å². The Bertz CT molecular complexity index is 611. The monoisotopic (exact) mass is 304 g/mol. The zero-order valence-corrected chi connectivity index (χ0v) is 12.2. The van der Waals surface area contributed by atoms with Crippen LogP contribution in [0.1, 0.15) is 23.4 Å². The number of thiazole rings is 1. The molecule has 2 N–H and O–H groups in total.